The minimum Gasteiger partial charge on any atom is -0.377 e. The lowest BCUT2D eigenvalue weighted by Crippen LogP contribution is -2.42. The van der Waals surface area contributed by atoms with Gasteiger partial charge in [-0.2, -0.15) is 13.2 Å². The summed E-state index contributed by atoms with van der Waals surface area (Å²) in [5, 5.41) is 0. The Labute approximate surface area is 172 Å². The lowest BCUT2D eigenvalue weighted by Gasteiger charge is -2.36. The summed E-state index contributed by atoms with van der Waals surface area (Å²) >= 11 is 0. The van der Waals surface area contributed by atoms with E-state index in [1.807, 2.05) is 35.2 Å². The van der Waals surface area contributed by atoms with Gasteiger partial charge in [-0.15, -0.1) is 0 Å². The maximum Gasteiger partial charge on any atom is 0.416 e. The van der Waals surface area contributed by atoms with E-state index in [0.29, 0.717) is 13.1 Å². The molecule has 30 heavy (non-hydrogen) atoms. The van der Waals surface area contributed by atoms with E-state index in [0.717, 1.165) is 36.2 Å². The third-order valence-corrected chi connectivity index (χ3v) is 5.43. The zero-order valence-corrected chi connectivity index (χ0v) is 16.2. The van der Waals surface area contributed by atoms with Gasteiger partial charge in [-0.25, -0.2) is 0 Å². The van der Waals surface area contributed by atoms with Crippen molar-refractivity contribution < 1.29 is 22.8 Å². The first-order chi connectivity index (χ1) is 14.3. The first-order valence-electron chi connectivity index (χ1n) is 9.71. The van der Waals surface area contributed by atoms with Crippen molar-refractivity contribution in [2.24, 2.45) is 0 Å². The van der Waals surface area contributed by atoms with Crippen LogP contribution in [0.5, 0.6) is 0 Å². The summed E-state index contributed by atoms with van der Waals surface area (Å²) in [4.78, 5) is 20.2. The van der Waals surface area contributed by atoms with Crippen molar-refractivity contribution in [3.63, 3.8) is 0 Å². The molecule has 0 amide bonds. The normalized spacial score (nSPS) is 18.5. The minimum absolute atomic E-state index is 0.228. The van der Waals surface area contributed by atoms with Gasteiger partial charge in [0.2, 0.25) is 0 Å². The highest BCUT2D eigenvalue weighted by atomic mass is 19.4. The predicted octanol–water partition coefficient (Wildman–Crippen LogP) is 4.81. The largest absolute Gasteiger partial charge is 0.416 e. The molecule has 0 radical (unpaired) electrons. The van der Waals surface area contributed by atoms with Crippen LogP contribution in [0.4, 0.5) is 13.2 Å². The standard InChI is InChI=1S/C23H21F3N2O2/c24-23(25,26)19-8-6-18(7-9-19)21(29)10-13-28-14-11-22(12-15-28)16-20(27-30-22)17-4-2-1-3-5-17/h1-10,13,16,27H,11-12,14-15H2. The van der Waals surface area contributed by atoms with Gasteiger partial charge in [-0.1, -0.05) is 42.5 Å². The number of ketones is 1. The Morgan fingerprint density at radius 1 is 1.03 bits per heavy atom. The molecule has 1 spiro atoms. The molecule has 2 aliphatic heterocycles. The van der Waals surface area contributed by atoms with E-state index in [1.54, 1.807) is 6.20 Å². The molecule has 4 nitrogen and oxygen atoms in total. The molecule has 1 N–H and O–H groups in total. The van der Waals surface area contributed by atoms with Gasteiger partial charge >= 0.3 is 6.18 Å². The van der Waals surface area contributed by atoms with Gasteiger partial charge in [-0.3, -0.25) is 15.1 Å². The van der Waals surface area contributed by atoms with E-state index >= 15 is 0 Å². The molecule has 0 aromatic heterocycles. The topological polar surface area (TPSA) is 41.6 Å². The van der Waals surface area contributed by atoms with Crippen molar-refractivity contribution >= 4 is 11.5 Å². The van der Waals surface area contributed by atoms with E-state index in [4.69, 9.17) is 4.84 Å². The molecule has 0 saturated carbocycles. The average molecular weight is 414 g/mol. The molecule has 2 aromatic carbocycles. The molecule has 0 unspecified atom stereocenters. The number of alkyl halides is 3. The second-order valence-corrected chi connectivity index (χ2v) is 7.48. The quantitative estimate of drug-likeness (QED) is 0.576. The summed E-state index contributed by atoms with van der Waals surface area (Å²) in [6, 6.07) is 14.2. The van der Waals surface area contributed by atoms with E-state index in [2.05, 4.69) is 11.6 Å². The maximum absolute atomic E-state index is 12.6. The Morgan fingerprint density at radius 2 is 1.70 bits per heavy atom. The molecule has 156 valence electrons. The van der Waals surface area contributed by atoms with Gasteiger partial charge in [0.05, 0.1) is 11.3 Å². The molecule has 2 aromatic rings. The van der Waals surface area contributed by atoms with E-state index in [1.165, 1.54) is 18.2 Å². The van der Waals surface area contributed by atoms with Crippen LogP contribution in [0, 0.1) is 0 Å². The predicted molar refractivity (Wildman–Crippen MR) is 107 cm³/mol. The van der Waals surface area contributed by atoms with Gasteiger partial charge in [0.25, 0.3) is 0 Å². The van der Waals surface area contributed by atoms with Crippen LogP contribution in [0.1, 0.15) is 34.3 Å². The number of nitrogens with zero attached hydrogens (tertiary/aromatic N) is 1. The third kappa shape index (κ3) is 4.41. The summed E-state index contributed by atoms with van der Waals surface area (Å²) < 4.78 is 37.9. The molecule has 1 saturated heterocycles. The molecule has 2 aliphatic rings. The van der Waals surface area contributed by atoms with Crippen LogP contribution < -0.4 is 5.48 Å². The first-order valence-corrected chi connectivity index (χ1v) is 9.71. The lowest BCUT2D eigenvalue weighted by atomic mass is 9.90. The number of allylic oxidation sites excluding steroid dienone is 1. The third-order valence-electron chi connectivity index (χ3n) is 5.43. The fraction of sp³-hybridized carbons (Fsp3) is 0.261. The second kappa shape index (κ2) is 7.99. The number of benzene rings is 2. The molecule has 7 heteroatoms. The van der Waals surface area contributed by atoms with E-state index in [9.17, 15) is 18.0 Å². The van der Waals surface area contributed by atoms with Gasteiger partial charge in [-0.05, 0) is 23.8 Å². The monoisotopic (exact) mass is 414 g/mol. The van der Waals surface area contributed by atoms with Crippen molar-refractivity contribution in [1.29, 1.82) is 0 Å². The zero-order valence-electron chi connectivity index (χ0n) is 16.2. The van der Waals surface area contributed by atoms with Gasteiger partial charge < -0.3 is 4.90 Å². The number of carbonyl (C=O) groups is 1. The van der Waals surface area contributed by atoms with Crippen LogP contribution in [0.2, 0.25) is 0 Å². The average Bonchev–Trinajstić information content (AvgIpc) is 3.17. The van der Waals surface area contributed by atoms with Gasteiger partial charge in [0.15, 0.2) is 5.78 Å². The zero-order chi connectivity index (χ0) is 21.2. The highest BCUT2D eigenvalue weighted by molar-refractivity contribution is 6.04. The van der Waals surface area contributed by atoms with Crippen molar-refractivity contribution in [1.82, 2.24) is 10.4 Å². The number of halogens is 3. The number of hydrogen-bond acceptors (Lipinski definition) is 4. The van der Waals surface area contributed by atoms with E-state index in [-0.39, 0.29) is 16.9 Å². The number of hydroxylamine groups is 1. The van der Waals surface area contributed by atoms with Gasteiger partial charge in [0, 0.05) is 43.8 Å². The Bertz CT molecular complexity index is 958. The number of nitrogens with one attached hydrogen (secondary N) is 1. The van der Waals surface area contributed by atoms with Crippen LogP contribution in [0.15, 0.2) is 72.9 Å². The summed E-state index contributed by atoms with van der Waals surface area (Å²) in [7, 11) is 0. The number of likely N-dealkylation sites (tertiary alicyclic amines) is 1. The molecular formula is C23H21F3N2O2. The summed E-state index contributed by atoms with van der Waals surface area (Å²) in [6.45, 7) is 1.41. The van der Waals surface area contributed by atoms with E-state index < -0.39 is 11.7 Å². The summed E-state index contributed by atoms with van der Waals surface area (Å²) in [5.74, 6) is -0.325. The lowest BCUT2D eigenvalue weighted by molar-refractivity contribution is -0.137. The Morgan fingerprint density at radius 3 is 2.33 bits per heavy atom. The molecular weight excluding hydrogens is 393 g/mol. The fourth-order valence-corrected chi connectivity index (χ4v) is 3.63. The Kier molecular flexibility index (Phi) is 5.39. The van der Waals surface area contributed by atoms with Crippen LogP contribution in [-0.2, 0) is 11.0 Å². The van der Waals surface area contributed by atoms with Crippen LogP contribution in [0.25, 0.3) is 5.70 Å². The Balaban J connectivity index is 1.34. The van der Waals surface area contributed by atoms with Crippen molar-refractivity contribution in [2.75, 3.05) is 13.1 Å². The number of carbonyl (C=O) groups excluding carboxylic acids is 1. The fourth-order valence-electron chi connectivity index (χ4n) is 3.63. The minimum atomic E-state index is -4.41. The summed E-state index contributed by atoms with van der Waals surface area (Å²) in [6.07, 6.45) is 2.34. The molecule has 0 aliphatic carbocycles. The van der Waals surface area contributed by atoms with Crippen LogP contribution >= 0.6 is 0 Å². The second-order valence-electron chi connectivity index (χ2n) is 7.48. The van der Waals surface area contributed by atoms with Crippen LogP contribution in [-0.4, -0.2) is 29.4 Å². The van der Waals surface area contributed by atoms with Crippen molar-refractivity contribution in [2.45, 2.75) is 24.6 Å². The van der Waals surface area contributed by atoms with Crippen LogP contribution in [0.3, 0.4) is 0 Å². The smallest absolute Gasteiger partial charge is 0.377 e. The van der Waals surface area contributed by atoms with Gasteiger partial charge in [0.1, 0.15) is 5.60 Å². The highest BCUT2D eigenvalue weighted by Crippen LogP contribution is 2.34. The summed E-state index contributed by atoms with van der Waals surface area (Å²) in [5.41, 5.74) is 4.14. The SMILES string of the molecule is O=C(C=CN1CCC2(C=C(c3ccccc3)NO2)CC1)c1ccc(C(F)(F)F)cc1. The number of rotatable bonds is 4. The molecule has 4 rings (SSSR count). The first kappa shape index (κ1) is 20.2. The number of hydrogen-bond donors (Lipinski definition) is 1. The Hall–Kier alpha value is -3.06. The number of piperidine rings is 1. The molecule has 1 fully saturated rings. The molecule has 2 heterocycles. The van der Waals surface area contributed by atoms with Crippen molar-refractivity contribution in [3.8, 4) is 0 Å². The molecule has 0 bridgehead atoms. The van der Waals surface area contributed by atoms with Crippen molar-refractivity contribution in [3.05, 3.63) is 89.6 Å². The molecule has 0 atom stereocenters. The highest BCUT2D eigenvalue weighted by Gasteiger charge is 2.38. The maximum atomic E-state index is 12.6.